The van der Waals surface area contributed by atoms with Crippen molar-refractivity contribution < 1.29 is 4.79 Å². The zero-order chi connectivity index (χ0) is 10.2. The van der Waals surface area contributed by atoms with E-state index in [0.717, 1.165) is 18.8 Å². The van der Waals surface area contributed by atoms with Crippen LogP contribution in [0.3, 0.4) is 0 Å². The summed E-state index contributed by atoms with van der Waals surface area (Å²) >= 11 is 0. The van der Waals surface area contributed by atoms with Crippen molar-refractivity contribution in [2.45, 2.75) is 0 Å². The van der Waals surface area contributed by atoms with Gasteiger partial charge >= 0.3 is 0 Å². The van der Waals surface area contributed by atoms with Gasteiger partial charge in [-0.2, -0.15) is 0 Å². The number of amides is 1. The predicted molar refractivity (Wildman–Crippen MR) is 57.0 cm³/mol. The molecule has 4 N–H and O–H groups in total. The number of para-hydroxylation sites is 1. The Morgan fingerprint density at radius 3 is 2.57 bits per heavy atom. The highest BCUT2D eigenvalue weighted by Crippen LogP contribution is 2.03. The van der Waals surface area contributed by atoms with Crippen molar-refractivity contribution in [3.8, 4) is 0 Å². The zero-order valence-corrected chi connectivity index (χ0v) is 7.99. The topological polar surface area (TPSA) is 67.2 Å². The number of anilines is 1. The summed E-state index contributed by atoms with van der Waals surface area (Å²) in [4.78, 5) is 10.4. The standard InChI is InChI=1S/C10H15N3O/c11-10(14)8-12-6-7-13-9-4-2-1-3-5-9/h1-5,12-13H,6-8H2,(H2,11,14). The number of hydrogen-bond donors (Lipinski definition) is 3. The first-order valence-electron chi connectivity index (χ1n) is 4.57. The molecule has 0 aromatic heterocycles. The quantitative estimate of drug-likeness (QED) is 0.564. The van der Waals surface area contributed by atoms with Gasteiger partial charge in [-0.25, -0.2) is 0 Å². The molecule has 14 heavy (non-hydrogen) atoms. The largest absolute Gasteiger partial charge is 0.384 e. The second-order valence-electron chi connectivity index (χ2n) is 2.94. The molecule has 0 unspecified atom stereocenters. The lowest BCUT2D eigenvalue weighted by atomic mass is 10.3. The van der Waals surface area contributed by atoms with Gasteiger partial charge in [-0.15, -0.1) is 0 Å². The van der Waals surface area contributed by atoms with E-state index < -0.39 is 0 Å². The zero-order valence-electron chi connectivity index (χ0n) is 7.99. The van der Waals surface area contributed by atoms with E-state index in [4.69, 9.17) is 5.73 Å². The molecule has 0 atom stereocenters. The van der Waals surface area contributed by atoms with E-state index in [1.165, 1.54) is 0 Å². The number of nitrogens with two attached hydrogens (primary N) is 1. The summed E-state index contributed by atoms with van der Waals surface area (Å²) < 4.78 is 0. The number of primary amides is 1. The van der Waals surface area contributed by atoms with Crippen LogP contribution in [0.2, 0.25) is 0 Å². The Kier molecular flexibility index (Phi) is 4.50. The highest BCUT2D eigenvalue weighted by Gasteiger charge is 1.92. The van der Waals surface area contributed by atoms with E-state index in [2.05, 4.69) is 10.6 Å². The first-order valence-corrected chi connectivity index (χ1v) is 4.57. The van der Waals surface area contributed by atoms with Crippen LogP contribution in [0.4, 0.5) is 5.69 Å². The van der Waals surface area contributed by atoms with Crippen LogP contribution in [0.5, 0.6) is 0 Å². The van der Waals surface area contributed by atoms with E-state index in [-0.39, 0.29) is 12.5 Å². The molecule has 1 aromatic carbocycles. The number of hydrogen-bond acceptors (Lipinski definition) is 3. The minimum absolute atomic E-state index is 0.233. The van der Waals surface area contributed by atoms with Gasteiger partial charge in [-0.3, -0.25) is 4.79 Å². The lowest BCUT2D eigenvalue weighted by molar-refractivity contribution is -0.117. The average molecular weight is 193 g/mol. The van der Waals surface area contributed by atoms with Gasteiger partial charge in [0, 0.05) is 18.8 Å². The summed E-state index contributed by atoms with van der Waals surface area (Å²) in [6, 6.07) is 9.90. The van der Waals surface area contributed by atoms with Crippen molar-refractivity contribution in [3.05, 3.63) is 30.3 Å². The van der Waals surface area contributed by atoms with Crippen LogP contribution < -0.4 is 16.4 Å². The van der Waals surface area contributed by atoms with Crippen LogP contribution in [0, 0.1) is 0 Å². The van der Waals surface area contributed by atoms with Gasteiger partial charge in [-0.05, 0) is 12.1 Å². The molecule has 4 nitrogen and oxygen atoms in total. The normalized spacial score (nSPS) is 9.71. The van der Waals surface area contributed by atoms with Crippen LogP contribution in [0.25, 0.3) is 0 Å². The third-order valence-electron chi connectivity index (χ3n) is 1.70. The van der Waals surface area contributed by atoms with E-state index in [0.29, 0.717) is 0 Å². The Bertz CT molecular complexity index is 274. The molecule has 0 fully saturated rings. The van der Waals surface area contributed by atoms with Crippen LogP contribution in [0.15, 0.2) is 30.3 Å². The lowest BCUT2D eigenvalue weighted by Gasteiger charge is -2.05. The van der Waals surface area contributed by atoms with Crippen molar-refractivity contribution in [1.82, 2.24) is 5.32 Å². The Labute approximate surface area is 83.5 Å². The van der Waals surface area contributed by atoms with Gasteiger partial charge in [0.05, 0.1) is 6.54 Å². The Hall–Kier alpha value is -1.55. The SMILES string of the molecule is NC(=O)CNCCNc1ccccc1. The maximum atomic E-state index is 10.4. The molecule has 0 bridgehead atoms. The van der Waals surface area contributed by atoms with E-state index in [1.54, 1.807) is 0 Å². The number of rotatable bonds is 6. The fraction of sp³-hybridized carbons (Fsp3) is 0.300. The molecule has 0 aliphatic carbocycles. The summed E-state index contributed by atoms with van der Waals surface area (Å²) in [7, 11) is 0. The molecule has 1 aromatic rings. The molecular weight excluding hydrogens is 178 g/mol. The Morgan fingerprint density at radius 2 is 1.93 bits per heavy atom. The van der Waals surface area contributed by atoms with Crippen LogP contribution in [-0.2, 0) is 4.79 Å². The number of benzene rings is 1. The molecule has 0 aliphatic rings. The van der Waals surface area contributed by atoms with Crippen molar-refractivity contribution in [2.24, 2.45) is 5.73 Å². The van der Waals surface area contributed by atoms with Gasteiger partial charge in [0.1, 0.15) is 0 Å². The molecule has 0 saturated heterocycles. The summed E-state index contributed by atoms with van der Waals surface area (Å²) in [5, 5.41) is 6.12. The van der Waals surface area contributed by atoms with E-state index in [1.807, 2.05) is 30.3 Å². The second-order valence-corrected chi connectivity index (χ2v) is 2.94. The molecule has 4 heteroatoms. The second kappa shape index (κ2) is 5.99. The molecule has 0 saturated carbocycles. The third-order valence-corrected chi connectivity index (χ3v) is 1.70. The molecule has 1 amide bonds. The summed E-state index contributed by atoms with van der Waals surface area (Å²) in [5.74, 6) is -0.329. The van der Waals surface area contributed by atoms with Crippen molar-refractivity contribution in [2.75, 3.05) is 25.0 Å². The summed E-state index contributed by atoms with van der Waals surface area (Å²) in [6.45, 7) is 1.73. The number of nitrogens with one attached hydrogen (secondary N) is 2. The first kappa shape index (κ1) is 10.5. The van der Waals surface area contributed by atoms with E-state index >= 15 is 0 Å². The average Bonchev–Trinajstić information content (AvgIpc) is 2.18. The fourth-order valence-corrected chi connectivity index (χ4v) is 1.06. The summed E-state index contributed by atoms with van der Waals surface area (Å²) in [6.07, 6.45) is 0. The molecule has 0 spiro atoms. The first-order chi connectivity index (χ1) is 6.79. The smallest absolute Gasteiger partial charge is 0.231 e. The Morgan fingerprint density at radius 1 is 1.21 bits per heavy atom. The molecular formula is C10H15N3O. The van der Waals surface area contributed by atoms with Crippen LogP contribution >= 0.6 is 0 Å². The minimum Gasteiger partial charge on any atom is -0.384 e. The molecule has 76 valence electrons. The van der Waals surface area contributed by atoms with Gasteiger partial charge < -0.3 is 16.4 Å². The number of carbonyl (C=O) groups is 1. The summed E-state index contributed by atoms with van der Waals surface area (Å²) in [5.41, 5.74) is 6.04. The Balaban J connectivity index is 2.08. The maximum Gasteiger partial charge on any atom is 0.231 e. The third kappa shape index (κ3) is 4.47. The van der Waals surface area contributed by atoms with E-state index in [9.17, 15) is 4.79 Å². The highest BCUT2D eigenvalue weighted by atomic mass is 16.1. The van der Waals surface area contributed by atoms with Crippen molar-refractivity contribution >= 4 is 11.6 Å². The van der Waals surface area contributed by atoms with Crippen LogP contribution in [0.1, 0.15) is 0 Å². The molecule has 1 rings (SSSR count). The maximum absolute atomic E-state index is 10.4. The highest BCUT2D eigenvalue weighted by molar-refractivity contribution is 5.75. The molecule has 0 heterocycles. The molecule has 0 radical (unpaired) electrons. The monoisotopic (exact) mass is 193 g/mol. The minimum atomic E-state index is -0.329. The molecule has 0 aliphatic heterocycles. The van der Waals surface area contributed by atoms with Crippen LogP contribution in [-0.4, -0.2) is 25.5 Å². The van der Waals surface area contributed by atoms with Gasteiger partial charge in [0.15, 0.2) is 0 Å². The predicted octanol–water partition coefficient (Wildman–Crippen LogP) is 0.173. The lowest BCUT2D eigenvalue weighted by Crippen LogP contribution is -2.31. The van der Waals surface area contributed by atoms with Gasteiger partial charge in [-0.1, -0.05) is 18.2 Å². The van der Waals surface area contributed by atoms with Gasteiger partial charge in [0.25, 0.3) is 0 Å². The fourth-order valence-electron chi connectivity index (χ4n) is 1.06. The van der Waals surface area contributed by atoms with Crippen molar-refractivity contribution in [1.29, 1.82) is 0 Å². The van der Waals surface area contributed by atoms with Crippen molar-refractivity contribution in [3.63, 3.8) is 0 Å². The van der Waals surface area contributed by atoms with Gasteiger partial charge in [0.2, 0.25) is 5.91 Å². The number of carbonyl (C=O) groups excluding carboxylic acids is 1.